The van der Waals surface area contributed by atoms with Crippen LogP contribution < -0.4 is 11.1 Å². The van der Waals surface area contributed by atoms with E-state index in [0.717, 1.165) is 12.8 Å². The second-order valence-electron chi connectivity index (χ2n) is 3.85. The van der Waals surface area contributed by atoms with Crippen molar-refractivity contribution in [2.45, 2.75) is 38.8 Å². The van der Waals surface area contributed by atoms with Crippen LogP contribution in [0.4, 0.5) is 0 Å². The summed E-state index contributed by atoms with van der Waals surface area (Å²) in [5.74, 6) is -0.222. The molecule has 3 N–H and O–H groups in total. The lowest BCUT2D eigenvalue weighted by atomic mass is 10.0. The molecule has 0 aliphatic carbocycles. The number of hydrogen-bond donors (Lipinski definition) is 2. The maximum Gasteiger partial charge on any atom is 0.242 e. The van der Waals surface area contributed by atoms with Crippen molar-refractivity contribution in [1.82, 2.24) is 10.2 Å². The van der Waals surface area contributed by atoms with Gasteiger partial charge in [-0.15, -0.1) is 0 Å². The summed E-state index contributed by atoms with van der Waals surface area (Å²) in [6.45, 7) is 4.80. The molecule has 0 unspecified atom stereocenters. The highest BCUT2D eigenvalue weighted by atomic mass is 16.2. The topological polar surface area (TPSA) is 75.4 Å². The predicted molar refractivity (Wildman–Crippen MR) is 57.1 cm³/mol. The van der Waals surface area contributed by atoms with E-state index in [0.29, 0.717) is 13.1 Å². The second kappa shape index (κ2) is 5.11. The van der Waals surface area contributed by atoms with E-state index in [1.165, 1.54) is 0 Å². The van der Waals surface area contributed by atoms with E-state index in [1.807, 2.05) is 6.92 Å². The number of rotatable bonds is 3. The van der Waals surface area contributed by atoms with Gasteiger partial charge in [0, 0.05) is 13.1 Å². The number of nitrogens with one attached hydrogen (secondary N) is 1. The molecule has 5 nitrogen and oxygen atoms in total. The van der Waals surface area contributed by atoms with Crippen LogP contribution in [-0.4, -0.2) is 41.9 Å². The molecule has 0 aromatic rings. The molecule has 5 heteroatoms. The van der Waals surface area contributed by atoms with Gasteiger partial charge >= 0.3 is 0 Å². The standard InChI is InChI=1S/C10H19N3O2/c1-3-12-9(14)7(2)13-6-4-5-8(11)10(13)15/h7-8H,3-6,11H2,1-2H3,(H,12,14)/t7-,8-/m1/s1. The summed E-state index contributed by atoms with van der Waals surface area (Å²) in [6.07, 6.45) is 1.59. The Labute approximate surface area is 90.0 Å². The average Bonchev–Trinajstić information content (AvgIpc) is 2.21. The maximum atomic E-state index is 11.7. The van der Waals surface area contributed by atoms with E-state index in [1.54, 1.807) is 11.8 Å². The third-order valence-electron chi connectivity index (χ3n) is 2.71. The summed E-state index contributed by atoms with van der Waals surface area (Å²) < 4.78 is 0. The molecule has 1 aliphatic rings. The summed E-state index contributed by atoms with van der Waals surface area (Å²) in [5.41, 5.74) is 5.66. The molecule has 2 amide bonds. The third kappa shape index (κ3) is 2.68. The molecular formula is C10H19N3O2. The van der Waals surface area contributed by atoms with Crippen LogP contribution in [-0.2, 0) is 9.59 Å². The highest BCUT2D eigenvalue weighted by Gasteiger charge is 2.31. The first kappa shape index (κ1) is 12.0. The molecule has 1 saturated heterocycles. The first-order valence-electron chi connectivity index (χ1n) is 5.41. The average molecular weight is 213 g/mol. The molecular weight excluding hydrogens is 194 g/mol. The summed E-state index contributed by atoms with van der Waals surface area (Å²) in [5, 5.41) is 2.70. The van der Waals surface area contributed by atoms with Crippen LogP contribution in [0.2, 0.25) is 0 Å². The van der Waals surface area contributed by atoms with Crippen LogP contribution in [0.15, 0.2) is 0 Å². The third-order valence-corrected chi connectivity index (χ3v) is 2.71. The minimum Gasteiger partial charge on any atom is -0.355 e. The smallest absolute Gasteiger partial charge is 0.242 e. The monoisotopic (exact) mass is 213 g/mol. The number of nitrogens with zero attached hydrogens (tertiary/aromatic N) is 1. The van der Waals surface area contributed by atoms with Gasteiger partial charge in [-0.3, -0.25) is 9.59 Å². The van der Waals surface area contributed by atoms with Crippen molar-refractivity contribution in [3.63, 3.8) is 0 Å². The van der Waals surface area contributed by atoms with Gasteiger partial charge in [0.2, 0.25) is 11.8 Å². The van der Waals surface area contributed by atoms with E-state index in [9.17, 15) is 9.59 Å². The highest BCUT2D eigenvalue weighted by molar-refractivity contribution is 5.89. The van der Waals surface area contributed by atoms with Crippen LogP contribution in [0.25, 0.3) is 0 Å². The molecule has 0 spiro atoms. The van der Waals surface area contributed by atoms with Crippen LogP contribution in [0.1, 0.15) is 26.7 Å². The molecule has 0 bridgehead atoms. The molecule has 0 radical (unpaired) electrons. The second-order valence-corrected chi connectivity index (χ2v) is 3.85. The van der Waals surface area contributed by atoms with E-state index in [-0.39, 0.29) is 11.8 Å². The van der Waals surface area contributed by atoms with Gasteiger partial charge in [-0.1, -0.05) is 0 Å². The molecule has 2 atom stereocenters. The van der Waals surface area contributed by atoms with Gasteiger partial charge in [-0.2, -0.15) is 0 Å². The van der Waals surface area contributed by atoms with Crippen molar-refractivity contribution < 1.29 is 9.59 Å². The van der Waals surface area contributed by atoms with Gasteiger partial charge in [0.25, 0.3) is 0 Å². The van der Waals surface area contributed by atoms with Crippen LogP contribution in [0.3, 0.4) is 0 Å². The zero-order valence-corrected chi connectivity index (χ0v) is 9.32. The fourth-order valence-corrected chi connectivity index (χ4v) is 1.78. The lowest BCUT2D eigenvalue weighted by Gasteiger charge is -2.34. The largest absolute Gasteiger partial charge is 0.355 e. The van der Waals surface area contributed by atoms with Gasteiger partial charge in [-0.25, -0.2) is 0 Å². The fourth-order valence-electron chi connectivity index (χ4n) is 1.78. The molecule has 0 saturated carbocycles. The van der Waals surface area contributed by atoms with E-state index >= 15 is 0 Å². The quantitative estimate of drug-likeness (QED) is 0.661. The van der Waals surface area contributed by atoms with Crippen molar-refractivity contribution in [3.8, 4) is 0 Å². The van der Waals surface area contributed by atoms with Gasteiger partial charge in [0.1, 0.15) is 6.04 Å². The SMILES string of the molecule is CCNC(=O)[C@@H](C)N1CCC[C@@H](N)C1=O. The Morgan fingerprint density at radius 3 is 3.00 bits per heavy atom. The Bertz CT molecular complexity index is 255. The Morgan fingerprint density at radius 2 is 2.40 bits per heavy atom. The Kier molecular flexibility index (Phi) is 4.08. The van der Waals surface area contributed by atoms with E-state index in [2.05, 4.69) is 5.32 Å². The van der Waals surface area contributed by atoms with Crippen LogP contribution >= 0.6 is 0 Å². The van der Waals surface area contributed by atoms with Crippen LogP contribution in [0.5, 0.6) is 0 Å². The zero-order valence-electron chi connectivity index (χ0n) is 9.32. The number of piperidine rings is 1. The maximum absolute atomic E-state index is 11.7. The van der Waals surface area contributed by atoms with E-state index in [4.69, 9.17) is 5.73 Å². The molecule has 15 heavy (non-hydrogen) atoms. The minimum atomic E-state index is -0.435. The Balaban J connectivity index is 2.61. The van der Waals surface area contributed by atoms with Gasteiger partial charge in [0.15, 0.2) is 0 Å². The normalized spacial score (nSPS) is 23.8. The fraction of sp³-hybridized carbons (Fsp3) is 0.800. The molecule has 0 aromatic heterocycles. The number of amides is 2. The van der Waals surface area contributed by atoms with Crippen molar-refractivity contribution >= 4 is 11.8 Å². The summed E-state index contributed by atoms with van der Waals surface area (Å²) in [7, 11) is 0. The van der Waals surface area contributed by atoms with Crippen molar-refractivity contribution in [1.29, 1.82) is 0 Å². The lowest BCUT2D eigenvalue weighted by Crippen LogP contribution is -2.55. The van der Waals surface area contributed by atoms with Crippen LogP contribution in [0, 0.1) is 0 Å². The number of likely N-dealkylation sites (tertiary alicyclic amines) is 1. The van der Waals surface area contributed by atoms with Crippen molar-refractivity contribution in [2.24, 2.45) is 5.73 Å². The predicted octanol–water partition coefficient (Wildman–Crippen LogP) is -0.539. The molecule has 1 fully saturated rings. The van der Waals surface area contributed by atoms with Crippen molar-refractivity contribution in [3.05, 3.63) is 0 Å². The number of carbonyl (C=O) groups is 2. The Hall–Kier alpha value is -1.10. The first-order valence-corrected chi connectivity index (χ1v) is 5.41. The first-order chi connectivity index (χ1) is 7.07. The molecule has 0 aromatic carbocycles. The van der Waals surface area contributed by atoms with Gasteiger partial charge in [-0.05, 0) is 26.7 Å². The van der Waals surface area contributed by atoms with Gasteiger partial charge < -0.3 is 16.0 Å². The minimum absolute atomic E-state index is 0.111. The molecule has 1 aliphatic heterocycles. The Morgan fingerprint density at radius 1 is 1.73 bits per heavy atom. The van der Waals surface area contributed by atoms with Crippen molar-refractivity contribution in [2.75, 3.05) is 13.1 Å². The number of carbonyl (C=O) groups excluding carboxylic acids is 2. The number of nitrogens with two attached hydrogens (primary N) is 1. The lowest BCUT2D eigenvalue weighted by molar-refractivity contribution is -0.142. The summed E-state index contributed by atoms with van der Waals surface area (Å²) in [6, 6.07) is -0.848. The molecule has 1 rings (SSSR count). The number of likely N-dealkylation sites (N-methyl/N-ethyl adjacent to an activating group) is 1. The summed E-state index contributed by atoms with van der Waals surface area (Å²) >= 11 is 0. The number of hydrogen-bond acceptors (Lipinski definition) is 3. The summed E-state index contributed by atoms with van der Waals surface area (Å²) in [4.78, 5) is 24.8. The highest BCUT2D eigenvalue weighted by Crippen LogP contribution is 2.13. The molecule has 1 heterocycles. The zero-order chi connectivity index (χ0) is 11.4. The van der Waals surface area contributed by atoms with Gasteiger partial charge in [0.05, 0.1) is 6.04 Å². The molecule has 86 valence electrons. The van der Waals surface area contributed by atoms with E-state index < -0.39 is 12.1 Å².